The van der Waals surface area contributed by atoms with Gasteiger partial charge in [-0.15, -0.1) is 0 Å². The zero-order chi connectivity index (χ0) is 10.9. The van der Waals surface area contributed by atoms with E-state index in [4.69, 9.17) is 17.3 Å². The molecule has 0 amide bonds. The number of halogens is 5. The summed E-state index contributed by atoms with van der Waals surface area (Å²) in [4.78, 5) is 0. The van der Waals surface area contributed by atoms with Gasteiger partial charge in [0.1, 0.15) is 6.04 Å². The van der Waals surface area contributed by atoms with Crippen LogP contribution in [0, 0.1) is 3.57 Å². The van der Waals surface area contributed by atoms with Crippen LogP contribution >= 0.6 is 34.2 Å². The first-order valence-electron chi connectivity index (χ1n) is 3.59. The van der Waals surface area contributed by atoms with Gasteiger partial charge in [0.2, 0.25) is 0 Å². The molecule has 0 aromatic heterocycles. The van der Waals surface area contributed by atoms with Gasteiger partial charge in [-0.25, -0.2) is 0 Å². The molecule has 14 heavy (non-hydrogen) atoms. The van der Waals surface area contributed by atoms with Gasteiger partial charge < -0.3 is 5.73 Å². The minimum atomic E-state index is -4.43. The second kappa shape index (κ2) is 4.24. The second-order valence-electron chi connectivity index (χ2n) is 2.69. The monoisotopic (exact) mass is 335 g/mol. The van der Waals surface area contributed by atoms with Crippen molar-refractivity contribution >= 4 is 34.2 Å². The van der Waals surface area contributed by atoms with Gasteiger partial charge in [-0.3, -0.25) is 0 Å². The van der Waals surface area contributed by atoms with Crippen LogP contribution < -0.4 is 5.73 Å². The minimum Gasteiger partial charge on any atom is -0.316 e. The fourth-order valence-corrected chi connectivity index (χ4v) is 1.42. The molecule has 1 atom stereocenters. The fourth-order valence-electron chi connectivity index (χ4n) is 0.895. The summed E-state index contributed by atoms with van der Waals surface area (Å²) in [6.45, 7) is 0. The molecule has 0 spiro atoms. The van der Waals surface area contributed by atoms with Gasteiger partial charge in [-0.05, 0) is 40.3 Å². The van der Waals surface area contributed by atoms with Gasteiger partial charge in [0.15, 0.2) is 0 Å². The van der Waals surface area contributed by atoms with Crippen molar-refractivity contribution in [3.63, 3.8) is 0 Å². The normalized spacial score (nSPS) is 14.1. The zero-order valence-electron chi connectivity index (χ0n) is 6.78. The van der Waals surface area contributed by atoms with Crippen molar-refractivity contribution in [2.45, 2.75) is 12.2 Å². The molecule has 0 bridgehead atoms. The first kappa shape index (κ1) is 12.1. The van der Waals surface area contributed by atoms with Crippen LogP contribution in [0.5, 0.6) is 0 Å². The van der Waals surface area contributed by atoms with E-state index in [9.17, 15) is 13.2 Å². The molecule has 0 fully saturated rings. The first-order valence-corrected chi connectivity index (χ1v) is 5.05. The molecule has 0 aliphatic heterocycles. The largest absolute Gasteiger partial charge is 0.407 e. The molecule has 0 saturated heterocycles. The van der Waals surface area contributed by atoms with Crippen LogP contribution in [-0.4, -0.2) is 6.18 Å². The molecule has 1 aromatic carbocycles. The number of hydrogen-bond acceptors (Lipinski definition) is 1. The molecule has 78 valence electrons. The number of rotatable bonds is 1. The standard InChI is InChI=1S/C8H6ClF3IN/c9-5-3-4(1-2-6(5)13)7(14)8(10,11)12/h1-3,7H,14H2. The van der Waals surface area contributed by atoms with Crippen molar-refractivity contribution in [2.24, 2.45) is 5.73 Å². The SMILES string of the molecule is NC(c1ccc(I)c(Cl)c1)C(F)(F)F. The van der Waals surface area contributed by atoms with Crippen LogP contribution in [-0.2, 0) is 0 Å². The van der Waals surface area contributed by atoms with E-state index in [-0.39, 0.29) is 10.6 Å². The van der Waals surface area contributed by atoms with Crippen LogP contribution in [0.15, 0.2) is 18.2 Å². The van der Waals surface area contributed by atoms with Crippen molar-refractivity contribution in [3.8, 4) is 0 Å². The number of benzene rings is 1. The lowest BCUT2D eigenvalue weighted by molar-refractivity contribution is -0.149. The minimum absolute atomic E-state index is 0.0251. The van der Waals surface area contributed by atoms with Crippen molar-refractivity contribution in [3.05, 3.63) is 32.4 Å². The molecule has 0 aliphatic rings. The lowest BCUT2D eigenvalue weighted by Crippen LogP contribution is -2.28. The Hall–Kier alpha value is -0.0100. The molecule has 1 rings (SSSR count). The van der Waals surface area contributed by atoms with Gasteiger partial charge >= 0.3 is 6.18 Å². The summed E-state index contributed by atoms with van der Waals surface area (Å²) in [5, 5.41) is 0.280. The Morgan fingerprint density at radius 2 is 1.93 bits per heavy atom. The topological polar surface area (TPSA) is 26.0 Å². The molecule has 1 aromatic rings. The first-order chi connectivity index (χ1) is 6.32. The molecular formula is C8H6ClF3IN. The summed E-state index contributed by atoms with van der Waals surface area (Å²) in [5.41, 5.74) is 4.98. The van der Waals surface area contributed by atoms with Crippen LogP contribution in [0.25, 0.3) is 0 Å². The zero-order valence-corrected chi connectivity index (χ0v) is 9.69. The molecule has 1 nitrogen and oxygen atoms in total. The van der Waals surface area contributed by atoms with E-state index < -0.39 is 12.2 Å². The highest BCUT2D eigenvalue weighted by Crippen LogP contribution is 2.32. The Balaban J connectivity index is 3.03. The lowest BCUT2D eigenvalue weighted by atomic mass is 10.1. The van der Waals surface area contributed by atoms with E-state index in [0.29, 0.717) is 3.57 Å². The Morgan fingerprint density at radius 1 is 1.36 bits per heavy atom. The maximum Gasteiger partial charge on any atom is 0.407 e. The summed E-state index contributed by atoms with van der Waals surface area (Å²) >= 11 is 7.61. The molecule has 6 heteroatoms. The van der Waals surface area contributed by atoms with E-state index in [1.54, 1.807) is 0 Å². The molecule has 1 unspecified atom stereocenters. The molecule has 0 radical (unpaired) electrons. The Bertz CT molecular complexity index is 340. The summed E-state index contributed by atoms with van der Waals surface area (Å²) in [5.74, 6) is 0. The van der Waals surface area contributed by atoms with Gasteiger partial charge in [-0.1, -0.05) is 17.7 Å². The predicted molar refractivity (Wildman–Crippen MR) is 57.2 cm³/mol. The summed E-state index contributed by atoms with van der Waals surface area (Å²) < 4.78 is 37.3. The highest BCUT2D eigenvalue weighted by molar-refractivity contribution is 14.1. The van der Waals surface area contributed by atoms with Gasteiger partial charge in [0, 0.05) is 3.57 Å². The molecule has 2 N–H and O–H groups in total. The predicted octanol–water partition coefficient (Wildman–Crippen LogP) is 3.51. The molecule has 0 saturated carbocycles. The quantitative estimate of drug-likeness (QED) is 0.781. The van der Waals surface area contributed by atoms with Crippen LogP contribution in [0.2, 0.25) is 5.02 Å². The van der Waals surface area contributed by atoms with Crippen LogP contribution in [0.4, 0.5) is 13.2 Å². The van der Waals surface area contributed by atoms with Crippen molar-refractivity contribution in [1.82, 2.24) is 0 Å². The number of hydrogen-bond donors (Lipinski definition) is 1. The summed E-state index contributed by atoms with van der Waals surface area (Å²) in [6.07, 6.45) is -4.43. The van der Waals surface area contributed by atoms with Crippen LogP contribution in [0.3, 0.4) is 0 Å². The van der Waals surface area contributed by atoms with Gasteiger partial charge in [-0.2, -0.15) is 13.2 Å². The summed E-state index contributed by atoms with van der Waals surface area (Å²) in [7, 11) is 0. The van der Waals surface area contributed by atoms with Crippen molar-refractivity contribution < 1.29 is 13.2 Å². The van der Waals surface area contributed by atoms with Gasteiger partial charge in [0.25, 0.3) is 0 Å². The van der Waals surface area contributed by atoms with E-state index in [1.165, 1.54) is 18.2 Å². The average molecular weight is 335 g/mol. The third-order valence-corrected chi connectivity index (χ3v) is 3.23. The van der Waals surface area contributed by atoms with Crippen molar-refractivity contribution in [1.29, 1.82) is 0 Å². The second-order valence-corrected chi connectivity index (χ2v) is 4.26. The van der Waals surface area contributed by atoms with E-state index in [0.717, 1.165) is 0 Å². The Morgan fingerprint density at radius 3 is 2.36 bits per heavy atom. The molecule has 0 aliphatic carbocycles. The molecule has 0 heterocycles. The highest BCUT2D eigenvalue weighted by atomic mass is 127. The third kappa shape index (κ3) is 2.74. The number of nitrogens with two attached hydrogens (primary N) is 1. The average Bonchev–Trinajstić information content (AvgIpc) is 2.07. The van der Waals surface area contributed by atoms with Crippen LogP contribution in [0.1, 0.15) is 11.6 Å². The van der Waals surface area contributed by atoms with E-state index >= 15 is 0 Å². The highest BCUT2D eigenvalue weighted by Gasteiger charge is 2.37. The lowest BCUT2D eigenvalue weighted by Gasteiger charge is -2.16. The fraction of sp³-hybridized carbons (Fsp3) is 0.250. The smallest absolute Gasteiger partial charge is 0.316 e. The molecular weight excluding hydrogens is 329 g/mol. The third-order valence-electron chi connectivity index (χ3n) is 1.66. The Labute approximate surface area is 97.6 Å². The maximum atomic E-state index is 12.2. The van der Waals surface area contributed by atoms with E-state index in [1.807, 2.05) is 22.6 Å². The van der Waals surface area contributed by atoms with Gasteiger partial charge in [0.05, 0.1) is 5.02 Å². The van der Waals surface area contributed by atoms with E-state index in [2.05, 4.69) is 0 Å². The maximum absolute atomic E-state index is 12.2. The van der Waals surface area contributed by atoms with Crippen molar-refractivity contribution in [2.75, 3.05) is 0 Å². The number of alkyl halides is 3. The Kier molecular flexibility index (Phi) is 3.65. The summed E-state index contributed by atoms with van der Waals surface area (Å²) in [6, 6.07) is 2.09.